The molecule has 2 heterocycles. The maximum absolute atomic E-state index is 5.38. The van der Waals surface area contributed by atoms with Crippen LogP contribution in [-0.2, 0) is 13.0 Å². The van der Waals surface area contributed by atoms with Crippen LogP contribution >= 0.6 is 23.6 Å². The third-order valence-electron chi connectivity index (χ3n) is 3.11. The average Bonchev–Trinajstić information content (AvgIpc) is 3.04. The van der Waals surface area contributed by atoms with Crippen molar-refractivity contribution in [1.82, 2.24) is 10.6 Å². The highest BCUT2D eigenvalue weighted by Gasteiger charge is 2.21. The Morgan fingerprint density at radius 2 is 2.38 bits per heavy atom. The van der Waals surface area contributed by atoms with Crippen LogP contribution in [0.25, 0.3) is 0 Å². The Labute approximate surface area is 105 Å². The molecular formula is C12H16N2S2. The second-order valence-corrected chi connectivity index (χ2v) is 6.19. The van der Waals surface area contributed by atoms with Crippen LogP contribution in [0.1, 0.15) is 34.6 Å². The van der Waals surface area contributed by atoms with Gasteiger partial charge in [-0.2, -0.15) is 0 Å². The Bertz CT molecular complexity index is 407. The predicted octanol–water partition coefficient (Wildman–Crippen LogP) is 2.21. The maximum Gasteiger partial charge on any atom is 0.107 e. The smallest absolute Gasteiger partial charge is 0.107 e. The predicted molar refractivity (Wildman–Crippen MR) is 72.2 cm³/mol. The van der Waals surface area contributed by atoms with E-state index < -0.39 is 0 Å². The molecule has 0 saturated heterocycles. The Hall–Kier alpha value is -0.450. The lowest BCUT2D eigenvalue weighted by molar-refractivity contribution is 0.695. The molecule has 86 valence electrons. The number of rotatable bonds is 3. The zero-order chi connectivity index (χ0) is 11.0. The van der Waals surface area contributed by atoms with E-state index in [0.29, 0.717) is 0 Å². The van der Waals surface area contributed by atoms with Crippen LogP contribution in [-0.4, -0.2) is 17.6 Å². The highest BCUT2D eigenvalue weighted by Crippen LogP contribution is 2.27. The zero-order valence-corrected chi connectivity index (χ0v) is 10.8. The molecule has 0 amide bonds. The molecule has 0 spiro atoms. The van der Waals surface area contributed by atoms with Crippen LogP contribution in [0.15, 0.2) is 6.07 Å². The van der Waals surface area contributed by atoms with Crippen LogP contribution in [0, 0.1) is 0 Å². The highest BCUT2D eigenvalue weighted by atomic mass is 32.1. The molecule has 4 heteroatoms. The topological polar surface area (TPSA) is 24.1 Å². The molecule has 2 N–H and O–H groups in total. The number of nitrogens with one attached hydrogen (secondary N) is 2. The van der Waals surface area contributed by atoms with Gasteiger partial charge in [0.15, 0.2) is 0 Å². The number of fused-ring (bicyclic) bond motifs is 1. The standard InChI is InChI=1S/C12H16N2S2/c15-12-10-6-9(7-14-8-3-4-8)16-11(10)2-1-5-13-12/h6,8,14H,1-5,7H2,(H,13,15). The van der Waals surface area contributed by atoms with Gasteiger partial charge < -0.3 is 10.6 Å². The molecule has 2 nitrogen and oxygen atoms in total. The first-order chi connectivity index (χ1) is 7.83. The van der Waals surface area contributed by atoms with E-state index in [1.165, 1.54) is 41.0 Å². The van der Waals surface area contributed by atoms with Crippen molar-refractivity contribution in [2.45, 2.75) is 38.3 Å². The highest BCUT2D eigenvalue weighted by molar-refractivity contribution is 7.80. The Morgan fingerprint density at radius 3 is 3.19 bits per heavy atom. The summed E-state index contributed by atoms with van der Waals surface area (Å²) in [6.07, 6.45) is 5.08. The van der Waals surface area contributed by atoms with Crippen molar-refractivity contribution in [3.8, 4) is 0 Å². The second kappa shape index (κ2) is 4.43. The van der Waals surface area contributed by atoms with Gasteiger partial charge in [0, 0.05) is 34.4 Å². The molecular weight excluding hydrogens is 236 g/mol. The number of hydrogen-bond acceptors (Lipinski definition) is 3. The van der Waals surface area contributed by atoms with Gasteiger partial charge in [-0.3, -0.25) is 0 Å². The normalized spacial score (nSPS) is 20.1. The third kappa shape index (κ3) is 2.29. The summed E-state index contributed by atoms with van der Waals surface area (Å²) in [5.74, 6) is 0. The fraction of sp³-hybridized carbons (Fsp3) is 0.583. The number of aryl methyl sites for hydroxylation is 1. The Kier molecular flexibility index (Phi) is 2.96. The monoisotopic (exact) mass is 252 g/mol. The molecule has 0 bridgehead atoms. The molecule has 16 heavy (non-hydrogen) atoms. The van der Waals surface area contributed by atoms with Crippen LogP contribution < -0.4 is 10.6 Å². The van der Waals surface area contributed by atoms with Gasteiger partial charge in [0.25, 0.3) is 0 Å². The van der Waals surface area contributed by atoms with Gasteiger partial charge in [0.2, 0.25) is 0 Å². The minimum absolute atomic E-state index is 0.784. The first-order valence-corrected chi connectivity index (χ1v) is 7.18. The summed E-state index contributed by atoms with van der Waals surface area (Å²) < 4.78 is 0. The SMILES string of the molecule is S=C1NCCCc2sc(CNC3CC3)cc21. The summed E-state index contributed by atoms with van der Waals surface area (Å²) in [4.78, 5) is 3.85. The van der Waals surface area contributed by atoms with Crippen LogP contribution in [0.3, 0.4) is 0 Å². The van der Waals surface area contributed by atoms with Crippen molar-refractivity contribution >= 4 is 28.5 Å². The van der Waals surface area contributed by atoms with E-state index in [2.05, 4.69) is 16.7 Å². The van der Waals surface area contributed by atoms with Crippen molar-refractivity contribution in [3.05, 3.63) is 21.4 Å². The van der Waals surface area contributed by atoms with Crippen molar-refractivity contribution in [1.29, 1.82) is 0 Å². The lowest BCUT2D eigenvalue weighted by Gasteiger charge is -2.01. The van der Waals surface area contributed by atoms with Crippen molar-refractivity contribution < 1.29 is 0 Å². The van der Waals surface area contributed by atoms with E-state index in [-0.39, 0.29) is 0 Å². The van der Waals surface area contributed by atoms with Crippen molar-refractivity contribution in [2.75, 3.05) is 6.54 Å². The fourth-order valence-electron chi connectivity index (χ4n) is 2.03. The number of hydrogen-bond donors (Lipinski definition) is 2. The number of thiocarbonyl (C=S) groups is 1. The van der Waals surface area contributed by atoms with E-state index in [1.54, 1.807) is 0 Å². The fourth-order valence-corrected chi connectivity index (χ4v) is 3.54. The first kappa shape index (κ1) is 10.7. The molecule has 2 aliphatic rings. The quantitative estimate of drug-likeness (QED) is 0.807. The maximum atomic E-state index is 5.38. The van der Waals surface area contributed by atoms with Gasteiger partial charge in [-0.05, 0) is 31.7 Å². The van der Waals surface area contributed by atoms with Gasteiger partial charge >= 0.3 is 0 Å². The van der Waals surface area contributed by atoms with Gasteiger partial charge in [-0.1, -0.05) is 12.2 Å². The van der Waals surface area contributed by atoms with E-state index in [9.17, 15) is 0 Å². The van der Waals surface area contributed by atoms with Gasteiger partial charge in [0.1, 0.15) is 4.99 Å². The van der Waals surface area contributed by atoms with Gasteiger partial charge in [0.05, 0.1) is 0 Å². The summed E-state index contributed by atoms with van der Waals surface area (Å²) >= 11 is 7.32. The Morgan fingerprint density at radius 1 is 1.50 bits per heavy atom. The summed E-state index contributed by atoms with van der Waals surface area (Å²) in [6.45, 7) is 2.04. The Balaban J connectivity index is 1.75. The number of thiophene rings is 1. The second-order valence-electron chi connectivity index (χ2n) is 4.56. The molecule has 1 fully saturated rings. The third-order valence-corrected chi connectivity index (χ3v) is 4.67. The lowest BCUT2D eigenvalue weighted by atomic mass is 10.2. The molecule has 0 aromatic carbocycles. The molecule has 1 aliphatic carbocycles. The molecule has 1 aromatic rings. The minimum atomic E-state index is 0.784. The van der Waals surface area contributed by atoms with E-state index in [4.69, 9.17) is 12.2 Å². The summed E-state index contributed by atoms with van der Waals surface area (Å²) in [6, 6.07) is 3.06. The first-order valence-electron chi connectivity index (χ1n) is 5.96. The van der Waals surface area contributed by atoms with E-state index in [1.807, 2.05) is 11.3 Å². The molecule has 0 radical (unpaired) electrons. The van der Waals surface area contributed by atoms with Gasteiger partial charge in [-0.15, -0.1) is 11.3 Å². The van der Waals surface area contributed by atoms with E-state index in [0.717, 1.165) is 24.1 Å². The summed E-state index contributed by atoms with van der Waals surface area (Å²) in [5.41, 5.74) is 1.28. The molecule has 1 aliphatic heterocycles. The van der Waals surface area contributed by atoms with Crippen molar-refractivity contribution in [2.24, 2.45) is 0 Å². The molecule has 1 saturated carbocycles. The molecule has 0 unspecified atom stereocenters. The molecule has 1 aromatic heterocycles. The minimum Gasteiger partial charge on any atom is -0.376 e. The van der Waals surface area contributed by atoms with Crippen LogP contribution in [0.5, 0.6) is 0 Å². The zero-order valence-electron chi connectivity index (χ0n) is 9.21. The lowest BCUT2D eigenvalue weighted by Crippen LogP contribution is -2.21. The van der Waals surface area contributed by atoms with Gasteiger partial charge in [-0.25, -0.2) is 0 Å². The summed E-state index contributed by atoms with van der Waals surface area (Å²) in [7, 11) is 0. The summed E-state index contributed by atoms with van der Waals surface area (Å²) in [5, 5.41) is 6.87. The van der Waals surface area contributed by atoms with Crippen LogP contribution in [0.2, 0.25) is 0 Å². The molecule has 0 atom stereocenters. The average molecular weight is 252 g/mol. The van der Waals surface area contributed by atoms with Crippen molar-refractivity contribution in [3.63, 3.8) is 0 Å². The largest absolute Gasteiger partial charge is 0.376 e. The van der Waals surface area contributed by atoms with Crippen LogP contribution in [0.4, 0.5) is 0 Å². The molecule has 3 rings (SSSR count). The van der Waals surface area contributed by atoms with E-state index >= 15 is 0 Å².